The first-order chi connectivity index (χ1) is 10.5. The minimum absolute atomic E-state index is 0.222. The van der Waals surface area contributed by atoms with Crippen LogP contribution in [0.4, 0.5) is 0 Å². The summed E-state index contributed by atoms with van der Waals surface area (Å²) in [7, 11) is 0. The summed E-state index contributed by atoms with van der Waals surface area (Å²) in [4.78, 5) is 10.1. The molecule has 0 spiro atoms. The molecule has 1 aromatic carbocycles. The lowest BCUT2D eigenvalue weighted by Crippen LogP contribution is -2.23. The Morgan fingerprint density at radius 1 is 1.09 bits per heavy atom. The fourth-order valence-electron chi connectivity index (χ4n) is 2.60. The molecule has 1 heterocycles. The van der Waals surface area contributed by atoms with Crippen LogP contribution in [0, 0.1) is 13.8 Å². The second-order valence-electron chi connectivity index (χ2n) is 5.57. The molecule has 2 atom stereocenters. The van der Waals surface area contributed by atoms with Crippen LogP contribution in [0.2, 0.25) is 0 Å². The van der Waals surface area contributed by atoms with Gasteiger partial charge < -0.3 is 5.32 Å². The van der Waals surface area contributed by atoms with Crippen molar-refractivity contribution in [2.45, 2.75) is 51.6 Å². The fraction of sp³-hybridized carbons (Fsp3) is 0.444. The molecule has 0 aliphatic carbocycles. The van der Waals surface area contributed by atoms with Gasteiger partial charge in [0.1, 0.15) is 5.82 Å². The van der Waals surface area contributed by atoms with Crippen LogP contribution in [0.3, 0.4) is 0 Å². The van der Waals surface area contributed by atoms with Gasteiger partial charge in [0, 0.05) is 34.4 Å². The molecule has 0 aliphatic rings. The predicted molar refractivity (Wildman–Crippen MR) is 94.3 cm³/mol. The zero-order valence-electron chi connectivity index (χ0n) is 14.1. The van der Waals surface area contributed by atoms with Gasteiger partial charge in [0.2, 0.25) is 0 Å². The van der Waals surface area contributed by atoms with E-state index in [4.69, 9.17) is 0 Å². The van der Waals surface area contributed by atoms with Gasteiger partial charge in [-0.1, -0.05) is 19.1 Å². The van der Waals surface area contributed by atoms with E-state index in [1.807, 2.05) is 31.8 Å². The molecule has 22 heavy (non-hydrogen) atoms. The molecule has 2 rings (SSSR count). The molecular formula is C18H25N3S. The van der Waals surface area contributed by atoms with Gasteiger partial charge in [0.15, 0.2) is 0 Å². The lowest BCUT2D eigenvalue weighted by atomic mass is 10.0. The number of nitrogens with zero attached hydrogens (tertiary/aromatic N) is 2. The number of hydrogen-bond acceptors (Lipinski definition) is 4. The van der Waals surface area contributed by atoms with Crippen molar-refractivity contribution in [3.8, 4) is 0 Å². The Balaban J connectivity index is 2.05. The van der Waals surface area contributed by atoms with Crippen LogP contribution in [0.1, 0.15) is 55.5 Å². The van der Waals surface area contributed by atoms with Crippen LogP contribution >= 0.6 is 11.8 Å². The molecule has 0 fully saturated rings. The highest BCUT2D eigenvalue weighted by molar-refractivity contribution is 7.99. The standard InChI is InChI=1S/C18H25N3S/c1-6-22-17-9-7-16(8-10-17)12(2)20-13(3)18-11-19-15(5)21-14(18)4/h7-13,20H,6H2,1-5H3. The Bertz CT molecular complexity index is 610. The minimum Gasteiger partial charge on any atom is -0.304 e. The van der Waals surface area contributed by atoms with Crippen LogP contribution in [0.15, 0.2) is 35.4 Å². The van der Waals surface area contributed by atoms with Crippen LogP contribution in [-0.4, -0.2) is 15.7 Å². The van der Waals surface area contributed by atoms with E-state index in [9.17, 15) is 0 Å². The number of hydrogen-bond donors (Lipinski definition) is 1. The van der Waals surface area contributed by atoms with Gasteiger partial charge >= 0.3 is 0 Å². The minimum atomic E-state index is 0.222. The van der Waals surface area contributed by atoms with Gasteiger partial charge in [-0.25, -0.2) is 9.97 Å². The van der Waals surface area contributed by atoms with Gasteiger partial charge in [-0.05, 0) is 51.1 Å². The highest BCUT2D eigenvalue weighted by Gasteiger charge is 2.14. The lowest BCUT2D eigenvalue weighted by molar-refractivity contribution is 0.490. The maximum Gasteiger partial charge on any atom is 0.125 e. The Morgan fingerprint density at radius 2 is 1.77 bits per heavy atom. The summed E-state index contributed by atoms with van der Waals surface area (Å²) in [5.41, 5.74) is 3.52. The molecule has 0 amide bonds. The third-order valence-electron chi connectivity index (χ3n) is 3.80. The molecule has 1 N–H and O–H groups in total. The number of rotatable bonds is 6. The van der Waals surface area contributed by atoms with E-state index in [1.165, 1.54) is 10.5 Å². The predicted octanol–water partition coefficient (Wildman–Crippen LogP) is 4.62. The van der Waals surface area contributed by atoms with Gasteiger partial charge in [-0.2, -0.15) is 0 Å². The van der Waals surface area contributed by atoms with E-state index in [0.717, 1.165) is 22.8 Å². The topological polar surface area (TPSA) is 37.8 Å². The number of aryl methyl sites for hydroxylation is 2. The normalized spacial score (nSPS) is 13.9. The van der Waals surface area contributed by atoms with Crippen molar-refractivity contribution in [3.05, 3.63) is 53.1 Å². The third-order valence-corrected chi connectivity index (χ3v) is 4.69. The summed E-state index contributed by atoms with van der Waals surface area (Å²) in [6, 6.07) is 9.33. The molecule has 0 aliphatic heterocycles. The number of thioether (sulfide) groups is 1. The van der Waals surface area contributed by atoms with E-state index in [0.29, 0.717) is 0 Å². The van der Waals surface area contributed by atoms with E-state index in [-0.39, 0.29) is 12.1 Å². The first-order valence-corrected chi connectivity index (χ1v) is 8.78. The van der Waals surface area contributed by atoms with Crippen molar-refractivity contribution in [1.29, 1.82) is 0 Å². The maximum atomic E-state index is 4.45. The zero-order chi connectivity index (χ0) is 16.1. The Morgan fingerprint density at radius 3 is 2.36 bits per heavy atom. The molecule has 0 saturated heterocycles. The van der Waals surface area contributed by atoms with Gasteiger partial charge in [0.05, 0.1) is 0 Å². The number of nitrogens with one attached hydrogen (secondary N) is 1. The molecule has 2 unspecified atom stereocenters. The van der Waals surface area contributed by atoms with Crippen molar-refractivity contribution in [1.82, 2.24) is 15.3 Å². The van der Waals surface area contributed by atoms with Crippen LogP contribution < -0.4 is 5.32 Å². The van der Waals surface area contributed by atoms with Crippen molar-refractivity contribution < 1.29 is 0 Å². The Labute approximate surface area is 138 Å². The molecule has 1 aromatic heterocycles. The van der Waals surface area contributed by atoms with Crippen molar-refractivity contribution in [3.63, 3.8) is 0 Å². The maximum absolute atomic E-state index is 4.45. The van der Waals surface area contributed by atoms with Crippen molar-refractivity contribution >= 4 is 11.8 Å². The van der Waals surface area contributed by atoms with E-state index in [1.54, 1.807) is 0 Å². The SMILES string of the molecule is CCSc1ccc(C(C)NC(C)c2cnc(C)nc2C)cc1. The quantitative estimate of drug-likeness (QED) is 0.790. The Hall–Kier alpha value is -1.39. The largest absolute Gasteiger partial charge is 0.304 e. The molecule has 0 bridgehead atoms. The van der Waals surface area contributed by atoms with Crippen LogP contribution in [-0.2, 0) is 0 Å². The summed E-state index contributed by atoms with van der Waals surface area (Å²) >= 11 is 1.87. The van der Waals surface area contributed by atoms with Gasteiger partial charge in [0.25, 0.3) is 0 Å². The summed E-state index contributed by atoms with van der Waals surface area (Å²) < 4.78 is 0. The Kier molecular flexibility index (Phi) is 5.98. The average molecular weight is 315 g/mol. The zero-order valence-corrected chi connectivity index (χ0v) is 14.9. The highest BCUT2D eigenvalue weighted by Crippen LogP contribution is 2.23. The first-order valence-electron chi connectivity index (χ1n) is 7.80. The number of aromatic nitrogens is 2. The fourth-order valence-corrected chi connectivity index (χ4v) is 3.26. The molecule has 0 radical (unpaired) electrons. The summed E-state index contributed by atoms with van der Waals surface area (Å²) in [5.74, 6) is 1.93. The van der Waals surface area contributed by atoms with Crippen LogP contribution in [0.5, 0.6) is 0 Å². The van der Waals surface area contributed by atoms with Crippen molar-refractivity contribution in [2.24, 2.45) is 0 Å². The van der Waals surface area contributed by atoms with E-state index < -0.39 is 0 Å². The van der Waals surface area contributed by atoms with E-state index >= 15 is 0 Å². The highest BCUT2D eigenvalue weighted by atomic mass is 32.2. The van der Waals surface area contributed by atoms with Crippen molar-refractivity contribution in [2.75, 3.05) is 5.75 Å². The summed E-state index contributed by atoms with van der Waals surface area (Å²) in [6.45, 7) is 10.5. The first kappa shape index (κ1) is 17.0. The van der Waals surface area contributed by atoms with E-state index in [2.05, 4.69) is 60.3 Å². The molecule has 3 nitrogen and oxygen atoms in total. The smallest absolute Gasteiger partial charge is 0.125 e. The van der Waals surface area contributed by atoms with Gasteiger partial charge in [-0.15, -0.1) is 11.8 Å². The average Bonchev–Trinajstić information content (AvgIpc) is 2.48. The molecular weight excluding hydrogens is 290 g/mol. The summed E-state index contributed by atoms with van der Waals surface area (Å²) in [6.07, 6.45) is 1.93. The summed E-state index contributed by atoms with van der Waals surface area (Å²) in [5, 5.41) is 3.64. The molecule has 118 valence electrons. The molecule has 0 saturated carbocycles. The van der Waals surface area contributed by atoms with Crippen LogP contribution in [0.25, 0.3) is 0 Å². The number of benzene rings is 1. The van der Waals surface area contributed by atoms with Gasteiger partial charge in [-0.3, -0.25) is 0 Å². The lowest BCUT2D eigenvalue weighted by Gasteiger charge is -2.21. The second kappa shape index (κ2) is 7.75. The monoisotopic (exact) mass is 315 g/mol. The second-order valence-corrected chi connectivity index (χ2v) is 6.91. The molecule has 4 heteroatoms. The third kappa shape index (κ3) is 4.31. The molecule has 2 aromatic rings.